The Balaban J connectivity index is 1.88. The van der Waals surface area contributed by atoms with Gasteiger partial charge in [-0.05, 0) is 36.4 Å². The van der Waals surface area contributed by atoms with Gasteiger partial charge in [-0.3, -0.25) is 4.98 Å². The number of rotatable bonds is 2. The first-order valence-corrected chi connectivity index (χ1v) is 7.06. The van der Waals surface area contributed by atoms with Crippen LogP contribution in [0.4, 0.5) is 0 Å². The summed E-state index contributed by atoms with van der Waals surface area (Å²) in [6, 6.07) is 11.4. The van der Waals surface area contributed by atoms with Crippen LogP contribution in [-0.4, -0.2) is 24.6 Å². The number of hydrogen-bond donors (Lipinski definition) is 0. The van der Waals surface area contributed by atoms with Gasteiger partial charge < -0.3 is 0 Å². The molecule has 22 heavy (non-hydrogen) atoms. The lowest BCUT2D eigenvalue weighted by atomic mass is 10.2. The highest BCUT2D eigenvalue weighted by molar-refractivity contribution is 6.29. The number of pyridine rings is 2. The molecular weight excluding hydrogens is 298 g/mol. The highest BCUT2D eigenvalue weighted by atomic mass is 35.5. The number of nitrogens with zero attached hydrogens (tertiary/aromatic N) is 5. The molecule has 0 aliphatic rings. The molecule has 0 aliphatic carbocycles. The zero-order valence-corrected chi connectivity index (χ0v) is 12.1. The van der Waals surface area contributed by atoms with E-state index in [-0.39, 0.29) is 0 Å². The molecule has 6 heteroatoms. The molecule has 4 aromatic heterocycles. The lowest BCUT2D eigenvalue weighted by Gasteiger charge is -2.04. The minimum Gasteiger partial charge on any atom is -0.265 e. The van der Waals surface area contributed by atoms with Gasteiger partial charge >= 0.3 is 0 Å². The maximum Gasteiger partial charge on any atom is 0.154 e. The zero-order chi connectivity index (χ0) is 14.9. The van der Waals surface area contributed by atoms with Crippen molar-refractivity contribution in [2.45, 2.75) is 0 Å². The third kappa shape index (κ3) is 2.21. The van der Waals surface area contributed by atoms with E-state index in [0.717, 1.165) is 28.2 Å². The van der Waals surface area contributed by atoms with Gasteiger partial charge in [0, 0.05) is 29.7 Å². The Morgan fingerprint density at radius 2 is 1.68 bits per heavy atom. The fraction of sp³-hybridized carbons (Fsp3) is 0. The van der Waals surface area contributed by atoms with Crippen LogP contribution in [-0.2, 0) is 0 Å². The third-order valence-corrected chi connectivity index (χ3v) is 3.59. The highest BCUT2D eigenvalue weighted by Crippen LogP contribution is 2.22. The maximum atomic E-state index is 5.84. The molecule has 0 unspecified atom stereocenters. The predicted molar refractivity (Wildman–Crippen MR) is 84.5 cm³/mol. The molecule has 0 spiro atoms. The van der Waals surface area contributed by atoms with E-state index in [1.165, 1.54) is 0 Å². The van der Waals surface area contributed by atoms with Crippen LogP contribution in [0.1, 0.15) is 0 Å². The standard InChI is InChI=1S/C16H10ClN5/c17-15-3-1-12(9-19-15)14-10-20-16-4-2-13(21-22(14)16)11-5-7-18-8-6-11/h1-10H. The summed E-state index contributed by atoms with van der Waals surface area (Å²) in [5.41, 5.74) is 4.43. The summed E-state index contributed by atoms with van der Waals surface area (Å²) in [6.45, 7) is 0. The van der Waals surface area contributed by atoms with Crippen molar-refractivity contribution >= 4 is 17.2 Å². The first kappa shape index (κ1) is 12.9. The zero-order valence-electron chi connectivity index (χ0n) is 11.4. The average molecular weight is 308 g/mol. The smallest absolute Gasteiger partial charge is 0.154 e. The normalized spacial score (nSPS) is 11.0. The summed E-state index contributed by atoms with van der Waals surface area (Å²) in [6.07, 6.45) is 6.99. The number of imidazole rings is 1. The van der Waals surface area contributed by atoms with Crippen LogP contribution in [0.25, 0.3) is 28.2 Å². The van der Waals surface area contributed by atoms with Crippen LogP contribution in [0.2, 0.25) is 5.15 Å². The van der Waals surface area contributed by atoms with Gasteiger partial charge in [0.05, 0.1) is 17.6 Å². The van der Waals surface area contributed by atoms with E-state index in [0.29, 0.717) is 5.15 Å². The molecule has 0 N–H and O–H groups in total. The lowest BCUT2D eigenvalue weighted by Crippen LogP contribution is -1.97. The van der Waals surface area contributed by atoms with Gasteiger partial charge in [-0.1, -0.05) is 11.6 Å². The molecule has 0 aromatic carbocycles. The summed E-state index contributed by atoms with van der Waals surface area (Å²) >= 11 is 5.84. The van der Waals surface area contributed by atoms with Crippen molar-refractivity contribution in [1.29, 1.82) is 0 Å². The minimum absolute atomic E-state index is 0.461. The minimum atomic E-state index is 0.461. The molecule has 4 rings (SSSR count). The van der Waals surface area contributed by atoms with Crippen LogP contribution in [0.15, 0.2) is 61.2 Å². The molecular formula is C16H10ClN5. The lowest BCUT2D eigenvalue weighted by molar-refractivity contribution is 0.948. The van der Waals surface area contributed by atoms with E-state index in [1.54, 1.807) is 35.4 Å². The Morgan fingerprint density at radius 1 is 0.818 bits per heavy atom. The SMILES string of the molecule is Clc1ccc(-c2cnc3ccc(-c4ccncc4)nn23)cn1. The van der Waals surface area contributed by atoms with Crippen molar-refractivity contribution in [1.82, 2.24) is 24.6 Å². The second-order valence-electron chi connectivity index (χ2n) is 4.74. The highest BCUT2D eigenvalue weighted by Gasteiger charge is 2.09. The fourth-order valence-corrected chi connectivity index (χ4v) is 2.39. The van der Waals surface area contributed by atoms with Crippen molar-refractivity contribution in [2.24, 2.45) is 0 Å². The molecule has 0 fully saturated rings. The van der Waals surface area contributed by atoms with Gasteiger partial charge in [0.25, 0.3) is 0 Å². The number of halogens is 1. The molecule has 0 atom stereocenters. The molecule has 4 heterocycles. The van der Waals surface area contributed by atoms with Crippen LogP contribution in [0.3, 0.4) is 0 Å². The summed E-state index contributed by atoms with van der Waals surface area (Å²) in [7, 11) is 0. The van der Waals surface area contributed by atoms with Gasteiger partial charge in [-0.25, -0.2) is 14.5 Å². The first-order valence-electron chi connectivity index (χ1n) is 6.68. The molecule has 5 nitrogen and oxygen atoms in total. The Labute approximate surface area is 131 Å². The van der Waals surface area contributed by atoms with E-state index in [2.05, 4.69) is 20.1 Å². The van der Waals surface area contributed by atoms with E-state index < -0.39 is 0 Å². The molecule has 0 saturated heterocycles. The molecule has 0 aliphatic heterocycles. The van der Waals surface area contributed by atoms with Gasteiger partial charge in [-0.2, -0.15) is 5.10 Å². The summed E-state index contributed by atoms with van der Waals surface area (Å²) in [4.78, 5) is 12.5. The van der Waals surface area contributed by atoms with E-state index in [9.17, 15) is 0 Å². The molecule has 106 valence electrons. The first-order chi connectivity index (χ1) is 10.8. The third-order valence-electron chi connectivity index (χ3n) is 3.36. The van der Waals surface area contributed by atoms with Crippen molar-refractivity contribution in [3.63, 3.8) is 0 Å². The molecule has 0 bridgehead atoms. The van der Waals surface area contributed by atoms with Crippen LogP contribution in [0, 0.1) is 0 Å². The molecule has 4 aromatic rings. The van der Waals surface area contributed by atoms with Crippen LogP contribution < -0.4 is 0 Å². The monoisotopic (exact) mass is 307 g/mol. The summed E-state index contributed by atoms with van der Waals surface area (Å²) in [5.74, 6) is 0. The second-order valence-corrected chi connectivity index (χ2v) is 5.12. The van der Waals surface area contributed by atoms with Crippen molar-refractivity contribution in [3.8, 4) is 22.5 Å². The fourth-order valence-electron chi connectivity index (χ4n) is 2.27. The largest absolute Gasteiger partial charge is 0.265 e. The van der Waals surface area contributed by atoms with E-state index >= 15 is 0 Å². The Hall–Kier alpha value is -2.79. The Kier molecular flexibility index (Phi) is 3.05. The van der Waals surface area contributed by atoms with Crippen LogP contribution in [0.5, 0.6) is 0 Å². The predicted octanol–water partition coefficient (Wildman–Crippen LogP) is 3.51. The van der Waals surface area contributed by atoms with Gasteiger partial charge in [0.15, 0.2) is 5.65 Å². The summed E-state index contributed by atoms with van der Waals surface area (Å²) in [5, 5.41) is 5.13. The van der Waals surface area contributed by atoms with Crippen LogP contribution >= 0.6 is 11.6 Å². The second kappa shape index (κ2) is 5.20. The van der Waals surface area contributed by atoms with Gasteiger partial charge in [0.1, 0.15) is 5.15 Å². The number of aromatic nitrogens is 5. The van der Waals surface area contributed by atoms with Gasteiger partial charge in [-0.15, -0.1) is 0 Å². The van der Waals surface area contributed by atoms with Crippen molar-refractivity contribution in [2.75, 3.05) is 0 Å². The maximum absolute atomic E-state index is 5.84. The van der Waals surface area contributed by atoms with Crippen molar-refractivity contribution < 1.29 is 0 Å². The van der Waals surface area contributed by atoms with Crippen molar-refractivity contribution in [3.05, 3.63) is 66.3 Å². The number of fused-ring (bicyclic) bond motifs is 1. The number of hydrogen-bond acceptors (Lipinski definition) is 4. The Morgan fingerprint density at radius 3 is 2.45 bits per heavy atom. The Bertz CT molecular complexity index is 932. The molecule has 0 amide bonds. The summed E-state index contributed by atoms with van der Waals surface area (Å²) < 4.78 is 1.81. The van der Waals surface area contributed by atoms with E-state index in [1.807, 2.05) is 30.3 Å². The quantitative estimate of drug-likeness (QED) is 0.532. The topological polar surface area (TPSA) is 56.0 Å². The van der Waals surface area contributed by atoms with E-state index in [4.69, 9.17) is 11.6 Å². The molecule has 0 saturated carbocycles. The average Bonchev–Trinajstić information content (AvgIpc) is 2.99. The molecule has 0 radical (unpaired) electrons. The van der Waals surface area contributed by atoms with Gasteiger partial charge in [0.2, 0.25) is 0 Å².